The quantitative estimate of drug-likeness (QED) is 0.0128. The Hall–Kier alpha value is -8.07. The van der Waals surface area contributed by atoms with Crippen molar-refractivity contribution in [2.75, 3.05) is 55.8 Å². The van der Waals surface area contributed by atoms with Crippen LogP contribution in [0.3, 0.4) is 0 Å². The lowest BCUT2D eigenvalue weighted by Crippen LogP contribution is -2.60. The molecule has 22 N–H and O–H groups in total. The molecule has 13 amide bonds. The number of carbonyl (C=O) groups excluding carboxylic acids is 13. The standard InChI is InChI=1S/C54H85N19O15S4/c1-27(63-52(87)41-9-6-16-73(41)53(88)33(7-3-4-14-55)66-51(86)40(25-92)72-50(85)39(24-91)64-28(2)75)44(79)71-38(23-90)45(80)61-20-42(77)65-32(8-5-15-60-54(57)58)46(81)68-35(18-30-19-59-26-62-30)48(83)67-34(17-29-10-12-31(76)13-11-29)47(82)69-36(21-74)49(84)70-37(22-89)43(56)78/h10-13,19,26-27,32-41,74,76,89-92H,3-9,14-18,20-25,55H2,1-2H3,(H2,56,78)(H,59,62)(H,61,80)(H,63,87)(H,64,75)(H,65,77)(H,66,86)(H,67,83)(H,68,81)(H,69,82)(H,70,84)(H,71,79)(H,72,85)(H4,57,58,60)/t27-,32-,33-,34-,35-,36-,37-,38-,39-,40-,41-/m0/s1. The Labute approximate surface area is 552 Å². The number of unbranched alkanes of at least 4 members (excludes halogenated alkanes) is 1. The van der Waals surface area contributed by atoms with Gasteiger partial charge in [0.25, 0.3) is 0 Å². The summed E-state index contributed by atoms with van der Waals surface area (Å²) in [6.45, 7) is 1.22. The van der Waals surface area contributed by atoms with Gasteiger partial charge in [0, 0.05) is 62.1 Å². The predicted molar refractivity (Wildman–Crippen MR) is 346 cm³/mol. The molecule has 0 saturated carbocycles. The van der Waals surface area contributed by atoms with Gasteiger partial charge in [0.2, 0.25) is 76.8 Å². The highest BCUT2D eigenvalue weighted by Crippen LogP contribution is 2.21. The van der Waals surface area contributed by atoms with Crippen LogP contribution in [0.2, 0.25) is 0 Å². The van der Waals surface area contributed by atoms with Crippen molar-refractivity contribution in [1.82, 2.24) is 78.7 Å². The Morgan fingerprint density at radius 1 is 0.630 bits per heavy atom. The number of carbonyl (C=O) groups is 13. The lowest BCUT2D eigenvalue weighted by Gasteiger charge is -2.30. The number of aromatic hydroxyl groups is 1. The van der Waals surface area contributed by atoms with Crippen molar-refractivity contribution in [3.8, 4) is 5.75 Å². The molecular formula is C54H85N19O15S4. The van der Waals surface area contributed by atoms with Gasteiger partial charge in [-0.2, -0.15) is 50.5 Å². The highest BCUT2D eigenvalue weighted by Gasteiger charge is 2.40. The van der Waals surface area contributed by atoms with Crippen molar-refractivity contribution < 1.29 is 72.5 Å². The molecule has 92 heavy (non-hydrogen) atoms. The topological polar surface area (TPSA) is 541 Å². The SMILES string of the molecule is CC(=O)N[C@@H](CS)C(=O)N[C@@H](CS)C(=O)N[C@@H](CCCCN)C(=O)N1CCC[C@H]1C(=O)N[C@@H](C)C(=O)N[C@@H](CS)C(=O)NCC(=O)N[C@@H](CCCNC(=N)N)C(=O)N[C@@H](Cc1c[nH]cn1)C(=O)N[C@@H](Cc1ccc(O)cc1)C(=O)N[C@@H](CO)C(=O)N[C@@H](CS)C(N)=O. The Balaban J connectivity index is 1.75. The molecule has 0 aliphatic carbocycles. The number of likely N-dealkylation sites (tertiary alicyclic amines) is 1. The smallest absolute Gasteiger partial charge is 0.245 e. The van der Waals surface area contributed by atoms with Crippen LogP contribution in [0.25, 0.3) is 0 Å². The molecule has 38 heteroatoms. The second-order valence-corrected chi connectivity index (χ2v) is 22.6. The fourth-order valence-electron chi connectivity index (χ4n) is 9.02. The minimum atomic E-state index is -1.67. The van der Waals surface area contributed by atoms with E-state index < -0.39 is 162 Å². The fourth-order valence-corrected chi connectivity index (χ4v) is 10.1. The van der Waals surface area contributed by atoms with Crippen molar-refractivity contribution in [1.29, 1.82) is 5.41 Å². The first-order valence-corrected chi connectivity index (χ1v) is 31.7. The summed E-state index contributed by atoms with van der Waals surface area (Å²) in [5, 5.41) is 57.3. The summed E-state index contributed by atoms with van der Waals surface area (Å²) >= 11 is 16.5. The van der Waals surface area contributed by atoms with Crippen LogP contribution in [-0.2, 0) is 75.2 Å². The summed E-state index contributed by atoms with van der Waals surface area (Å²) in [6, 6.07) is -9.27. The van der Waals surface area contributed by atoms with Gasteiger partial charge in [0.15, 0.2) is 5.96 Å². The highest BCUT2D eigenvalue weighted by atomic mass is 32.1. The number of thiol groups is 4. The zero-order chi connectivity index (χ0) is 68.6. The zero-order valence-corrected chi connectivity index (χ0v) is 54.2. The number of nitrogens with zero attached hydrogens (tertiary/aromatic N) is 2. The molecule has 1 saturated heterocycles. The number of imidazole rings is 1. The van der Waals surface area contributed by atoms with E-state index in [0.29, 0.717) is 24.8 Å². The van der Waals surface area contributed by atoms with Gasteiger partial charge in [-0.25, -0.2) is 4.98 Å². The number of amides is 13. The van der Waals surface area contributed by atoms with Gasteiger partial charge in [-0.05, 0) is 76.1 Å². The monoisotopic (exact) mass is 1370 g/mol. The Morgan fingerprint density at radius 3 is 1.70 bits per heavy atom. The number of benzene rings is 1. The third kappa shape index (κ3) is 26.6. The number of guanidine groups is 1. The third-order valence-corrected chi connectivity index (χ3v) is 15.4. The average Bonchev–Trinajstić information content (AvgIpc) is 1.66. The maximum atomic E-state index is 14.3. The van der Waals surface area contributed by atoms with Gasteiger partial charge in [0.1, 0.15) is 72.2 Å². The number of hydrogen-bond donors (Lipinski definition) is 23. The van der Waals surface area contributed by atoms with Crippen LogP contribution in [-0.4, -0.2) is 230 Å². The first-order chi connectivity index (χ1) is 43.7. The van der Waals surface area contributed by atoms with Crippen LogP contribution in [0.1, 0.15) is 70.1 Å². The molecule has 11 atom stereocenters. The molecule has 1 aliphatic rings. The highest BCUT2D eigenvalue weighted by molar-refractivity contribution is 7.80. The van der Waals surface area contributed by atoms with Crippen molar-refractivity contribution in [3.05, 3.63) is 48.0 Å². The van der Waals surface area contributed by atoms with Crippen LogP contribution in [0.5, 0.6) is 5.75 Å². The number of aromatic amines is 1. The van der Waals surface area contributed by atoms with Gasteiger partial charge < -0.3 is 101 Å². The minimum absolute atomic E-state index is 0.0410. The van der Waals surface area contributed by atoms with E-state index in [0.717, 1.165) is 0 Å². The second-order valence-electron chi connectivity index (χ2n) is 21.2. The van der Waals surface area contributed by atoms with Crippen LogP contribution in [0.15, 0.2) is 36.8 Å². The van der Waals surface area contributed by atoms with Crippen LogP contribution >= 0.6 is 50.5 Å². The normalized spacial score (nSPS) is 15.9. The Morgan fingerprint density at radius 2 is 1.14 bits per heavy atom. The van der Waals surface area contributed by atoms with Gasteiger partial charge in [-0.15, -0.1) is 0 Å². The number of rotatable bonds is 40. The third-order valence-electron chi connectivity index (χ3n) is 14.0. The molecule has 3 rings (SSSR count). The molecule has 0 spiro atoms. The maximum Gasteiger partial charge on any atom is 0.245 e. The summed E-state index contributed by atoms with van der Waals surface area (Å²) in [7, 11) is 0. The number of phenolic OH excluding ortho intramolecular Hbond substituents is 1. The lowest BCUT2D eigenvalue weighted by atomic mass is 10.0. The van der Waals surface area contributed by atoms with Gasteiger partial charge >= 0.3 is 0 Å². The average molecular weight is 1370 g/mol. The Bertz CT molecular complexity index is 2870. The number of nitrogens with one attached hydrogen (secondary N) is 14. The predicted octanol–water partition coefficient (Wildman–Crippen LogP) is -7.52. The molecule has 510 valence electrons. The molecule has 1 fully saturated rings. The molecule has 0 unspecified atom stereocenters. The molecule has 2 aromatic rings. The summed E-state index contributed by atoms with van der Waals surface area (Å²) in [5.74, 6) is -12.3. The number of aliphatic hydroxyl groups excluding tert-OH is 1. The van der Waals surface area contributed by atoms with Crippen molar-refractivity contribution in [2.45, 2.75) is 138 Å². The Kier molecular flexibility index (Phi) is 34.6. The zero-order valence-electron chi connectivity index (χ0n) is 50.7. The number of primary amides is 1. The first-order valence-electron chi connectivity index (χ1n) is 29.2. The summed E-state index contributed by atoms with van der Waals surface area (Å²) < 4.78 is 0. The van der Waals surface area contributed by atoms with Gasteiger partial charge in [-0.1, -0.05) is 12.1 Å². The van der Waals surface area contributed by atoms with E-state index in [4.69, 9.17) is 22.6 Å². The van der Waals surface area contributed by atoms with Gasteiger partial charge in [-0.3, -0.25) is 67.7 Å². The lowest BCUT2D eigenvalue weighted by molar-refractivity contribution is -0.142. The first kappa shape index (κ1) is 78.2. The van der Waals surface area contributed by atoms with E-state index in [2.05, 4.69) is 124 Å². The molecule has 1 aromatic carbocycles. The molecule has 1 aromatic heterocycles. The van der Waals surface area contributed by atoms with Crippen molar-refractivity contribution in [3.63, 3.8) is 0 Å². The summed E-state index contributed by atoms with van der Waals surface area (Å²) in [6.07, 6.45) is 3.63. The maximum absolute atomic E-state index is 14.3. The number of aliphatic hydroxyl groups is 1. The van der Waals surface area contributed by atoms with Crippen molar-refractivity contribution in [2.24, 2.45) is 17.2 Å². The van der Waals surface area contributed by atoms with Crippen LogP contribution < -0.4 is 81.0 Å². The van der Waals surface area contributed by atoms with Crippen molar-refractivity contribution >= 4 is 133 Å². The molecular weight excluding hydrogens is 1280 g/mol. The van der Waals surface area contributed by atoms with Crippen LogP contribution in [0.4, 0.5) is 0 Å². The molecule has 34 nitrogen and oxygen atoms in total. The van der Waals surface area contributed by atoms with E-state index in [1.165, 1.54) is 55.5 Å². The van der Waals surface area contributed by atoms with Gasteiger partial charge in [0.05, 0.1) is 25.2 Å². The number of aromatic nitrogens is 2. The molecule has 0 radical (unpaired) electrons. The minimum Gasteiger partial charge on any atom is -0.508 e. The number of hydrogen-bond acceptors (Lipinski definition) is 22. The van der Waals surface area contributed by atoms with E-state index >= 15 is 0 Å². The van der Waals surface area contributed by atoms with E-state index in [-0.39, 0.29) is 92.6 Å². The molecule has 0 bridgehead atoms. The second kappa shape index (κ2) is 40.7. The molecule has 2 heterocycles. The fraction of sp³-hybridized carbons (Fsp3) is 0.574. The number of phenols is 1. The number of H-pyrrole nitrogens is 1. The summed E-state index contributed by atoms with van der Waals surface area (Å²) in [4.78, 5) is 182. The number of nitrogens with two attached hydrogens (primary N) is 3. The van der Waals surface area contributed by atoms with E-state index in [1.54, 1.807) is 0 Å². The van der Waals surface area contributed by atoms with E-state index in [9.17, 15) is 72.5 Å². The summed E-state index contributed by atoms with van der Waals surface area (Å²) in [5.41, 5.74) is 17.1. The van der Waals surface area contributed by atoms with E-state index in [1.807, 2.05) is 0 Å². The van der Waals surface area contributed by atoms with Crippen LogP contribution in [0, 0.1) is 5.41 Å². The molecule has 1 aliphatic heterocycles. The largest absolute Gasteiger partial charge is 0.508 e.